The van der Waals surface area contributed by atoms with E-state index in [4.69, 9.17) is 15.5 Å². The van der Waals surface area contributed by atoms with Crippen molar-refractivity contribution in [1.82, 2.24) is 9.55 Å². The number of rotatable bonds is 3. The van der Waals surface area contributed by atoms with Crippen LogP contribution in [0, 0.1) is 0 Å². The maximum Gasteiger partial charge on any atom is 0.143 e. The monoisotopic (exact) mass is 345 g/mol. The van der Waals surface area contributed by atoms with E-state index in [9.17, 15) is 0 Å². The predicted molar refractivity (Wildman–Crippen MR) is 89.5 cm³/mol. The van der Waals surface area contributed by atoms with E-state index in [0.717, 1.165) is 39.2 Å². The number of anilines is 1. The lowest BCUT2D eigenvalue weighted by Crippen LogP contribution is -2.00. The number of nitrogens with two attached hydrogens (primary N) is 1. The van der Waals surface area contributed by atoms with Gasteiger partial charge in [-0.2, -0.15) is 0 Å². The Kier molecular flexibility index (Phi) is 3.59. The zero-order chi connectivity index (χ0) is 15.0. The molecule has 0 aliphatic rings. The maximum atomic E-state index is 6.19. The summed E-state index contributed by atoms with van der Waals surface area (Å²) in [6.07, 6.45) is 0. The van der Waals surface area contributed by atoms with Crippen molar-refractivity contribution in [3.63, 3.8) is 0 Å². The van der Waals surface area contributed by atoms with Gasteiger partial charge in [-0.15, -0.1) is 0 Å². The van der Waals surface area contributed by atoms with Crippen LogP contribution in [0.15, 0.2) is 40.9 Å². The minimum absolute atomic E-state index is 0.703. The number of halogens is 1. The average molecular weight is 346 g/mol. The third-order valence-corrected chi connectivity index (χ3v) is 4.26. The third kappa shape index (κ3) is 2.27. The van der Waals surface area contributed by atoms with E-state index < -0.39 is 0 Å². The molecule has 3 aromatic rings. The molecule has 3 rings (SSSR count). The van der Waals surface area contributed by atoms with Crippen LogP contribution in [0.25, 0.3) is 22.4 Å². The van der Waals surface area contributed by atoms with Crippen molar-refractivity contribution in [2.75, 3.05) is 12.8 Å². The van der Waals surface area contributed by atoms with Crippen molar-refractivity contribution < 1.29 is 4.74 Å². The highest BCUT2D eigenvalue weighted by Gasteiger charge is 2.15. The molecule has 0 saturated heterocycles. The number of para-hydroxylation sites is 1. The number of benzene rings is 2. The zero-order valence-electron chi connectivity index (χ0n) is 11.9. The van der Waals surface area contributed by atoms with Crippen molar-refractivity contribution >= 4 is 32.7 Å². The molecule has 1 aromatic heterocycles. The molecule has 2 aromatic carbocycles. The first-order valence-electron chi connectivity index (χ1n) is 6.74. The number of methoxy groups -OCH3 is 1. The molecule has 0 aliphatic carbocycles. The van der Waals surface area contributed by atoms with Gasteiger partial charge in [0, 0.05) is 22.6 Å². The Balaban J connectivity index is 2.29. The largest absolute Gasteiger partial charge is 0.497 e. The summed E-state index contributed by atoms with van der Waals surface area (Å²) in [5.74, 6) is 1.68. The lowest BCUT2D eigenvalue weighted by molar-refractivity contribution is 0.415. The molecule has 0 unspecified atom stereocenters. The molecule has 0 atom stereocenters. The zero-order valence-corrected chi connectivity index (χ0v) is 13.5. The van der Waals surface area contributed by atoms with Crippen LogP contribution in [-0.4, -0.2) is 16.7 Å². The SMILES string of the molecule is CCn1c(-c2cccc(Br)c2N)nc2cc(OC)ccc21. The van der Waals surface area contributed by atoms with E-state index >= 15 is 0 Å². The Morgan fingerprint density at radius 3 is 2.81 bits per heavy atom. The molecular formula is C16H16BrN3O. The summed E-state index contributed by atoms with van der Waals surface area (Å²) < 4.78 is 8.31. The van der Waals surface area contributed by atoms with E-state index in [1.807, 2.05) is 36.4 Å². The summed E-state index contributed by atoms with van der Waals surface area (Å²) in [4.78, 5) is 4.75. The highest BCUT2D eigenvalue weighted by Crippen LogP contribution is 2.33. The minimum Gasteiger partial charge on any atom is -0.497 e. The number of aromatic nitrogens is 2. The molecule has 1 heterocycles. The molecule has 4 nitrogen and oxygen atoms in total. The number of ether oxygens (including phenoxy) is 1. The highest BCUT2D eigenvalue weighted by molar-refractivity contribution is 9.10. The summed E-state index contributed by atoms with van der Waals surface area (Å²) >= 11 is 3.47. The molecule has 0 fully saturated rings. The van der Waals surface area contributed by atoms with Crippen LogP contribution in [0.1, 0.15) is 6.92 Å². The van der Waals surface area contributed by atoms with Crippen molar-refractivity contribution in [1.29, 1.82) is 0 Å². The Bertz CT molecular complexity index is 811. The van der Waals surface area contributed by atoms with Gasteiger partial charge in [0.2, 0.25) is 0 Å². The van der Waals surface area contributed by atoms with Crippen LogP contribution in [-0.2, 0) is 6.54 Å². The number of hydrogen-bond acceptors (Lipinski definition) is 3. The van der Waals surface area contributed by atoms with Crippen molar-refractivity contribution in [2.24, 2.45) is 0 Å². The second kappa shape index (κ2) is 5.41. The van der Waals surface area contributed by atoms with E-state index in [0.29, 0.717) is 5.69 Å². The second-order valence-corrected chi connectivity index (χ2v) is 5.59. The smallest absolute Gasteiger partial charge is 0.143 e. The quantitative estimate of drug-likeness (QED) is 0.727. The topological polar surface area (TPSA) is 53.1 Å². The van der Waals surface area contributed by atoms with E-state index in [-0.39, 0.29) is 0 Å². The number of hydrogen-bond donors (Lipinski definition) is 1. The number of nitrogens with zero attached hydrogens (tertiary/aromatic N) is 2. The van der Waals surface area contributed by atoms with Crippen LogP contribution >= 0.6 is 15.9 Å². The predicted octanol–water partition coefficient (Wildman–Crippen LogP) is 4.08. The van der Waals surface area contributed by atoms with Gasteiger partial charge < -0.3 is 15.0 Å². The van der Waals surface area contributed by atoms with Gasteiger partial charge >= 0.3 is 0 Å². The molecule has 0 spiro atoms. The van der Waals surface area contributed by atoms with Crippen molar-refractivity contribution in [2.45, 2.75) is 13.5 Å². The summed E-state index contributed by atoms with van der Waals surface area (Å²) in [6, 6.07) is 11.8. The summed E-state index contributed by atoms with van der Waals surface area (Å²) in [5, 5.41) is 0. The lowest BCUT2D eigenvalue weighted by Gasteiger charge is -2.09. The fourth-order valence-electron chi connectivity index (χ4n) is 2.49. The van der Waals surface area contributed by atoms with Crippen LogP contribution in [0.3, 0.4) is 0 Å². The van der Waals surface area contributed by atoms with Gasteiger partial charge in [0.05, 0.1) is 23.8 Å². The van der Waals surface area contributed by atoms with Crippen LogP contribution in [0.5, 0.6) is 5.75 Å². The molecule has 0 saturated carbocycles. The molecular weight excluding hydrogens is 330 g/mol. The average Bonchev–Trinajstić information content (AvgIpc) is 2.87. The number of fused-ring (bicyclic) bond motifs is 1. The normalized spacial score (nSPS) is 11.0. The first-order valence-corrected chi connectivity index (χ1v) is 7.53. The summed E-state index contributed by atoms with van der Waals surface area (Å²) in [7, 11) is 1.66. The molecule has 0 radical (unpaired) electrons. The van der Waals surface area contributed by atoms with Crippen LogP contribution in [0.4, 0.5) is 5.69 Å². The van der Waals surface area contributed by atoms with Gasteiger partial charge in [-0.3, -0.25) is 0 Å². The van der Waals surface area contributed by atoms with Gasteiger partial charge in [-0.1, -0.05) is 6.07 Å². The third-order valence-electron chi connectivity index (χ3n) is 3.57. The molecule has 0 bridgehead atoms. The molecule has 0 aliphatic heterocycles. The highest BCUT2D eigenvalue weighted by atomic mass is 79.9. The number of nitrogen functional groups attached to an aromatic ring is 1. The van der Waals surface area contributed by atoms with E-state index in [2.05, 4.69) is 27.4 Å². The standard InChI is InChI=1S/C16H16BrN3O/c1-3-20-14-8-7-10(21-2)9-13(14)19-16(20)11-5-4-6-12(17)15(11)18/h4-9H,3,18H2,1-2H3. The Morgan fingerprint density at radius 1 is 1.29 bits per heavy atom. The first kappa shape index (κ1) is 13.9. The molecule has 5 heteroatoms. The van der Waals surface area contributed by atoms with E-state index in [1.165, 1.54) is 0 Å². The maximum absolute atomic E-state index is 6.19. The van der Waals surface area contributed by atoms with Crippen molar-refractivity contribution in [3.8, 4) is 17.1 Å². The molecule has 2 N–H and O–H groups in total. The summed E-state index contributed by atoms with van der Waals surface area (Å²) in [6.45, 7) is 2.92. The first-order chi connectivity index (χ1) is 10.2. The van der Waals surface area contributed by atoms with Crippen LogP contribution < -0.4 is 10.5 Å². The van der Waals surface area contributed by atoms with Gasteiger partial charge in [-0.05, 0) is 47.1 Å². The van der Waals surface area contributed by atoms with Gasteiger partial charge in [-0.25, -0.2) is 4.98 Å². The fourth-order valence-corrected chi connectivity index (χ4v) is 2.86. The van der Waals surface area contributed by atoms with Crippen LogP contribution in [0.2, 0.25) is 0 Å². The Morgan fingerprint density at radius 2 is 2.10 bits per heavy atom. The molecule has 21 heavy (non-hydrogen) atoms. The van der Waals surface area contributed by atoms with Crippen molar-refractivity contribution in [3.05, 3.63) is 40.9 Å². The molecule has 108 valence electrons. The van der Waals surface area contributed by atoms with E-state index in [1.54, 1.807) is 7.11 Å². The van der Waals surface area contributed by atoms with Gasteiger partial charge in [0.15, 0.2) is 0 Å². The fraction of sp³-hybridized carbons (Fsp3) is 0.188. The Labute approximate surface area is 131 Å². The Hall–Kier alpha value is -2.01. The second-order valence-electron chi connectivity index (χ2n) is 4.74. The molecule has 0 amide bonds. The number of aryl methyl sites for hydroxylation is 1. The lowest BCUT2D eigenvalue weighted by atomic mass is 10.1. The minimum atomic E-state index is 0.703. The van der Waals surface area contributed by atoms with Gasteiger partial charge in [0.1, 0.15) is 11.6 Å². The van der Waals surface area contributed by atoms with Gasteiger partial charge in [0.25, 0.3) is 0 Å². The number of imidazole rings is 1. The summed E-state index contributed by atoms with van der Waals surface area (Å²) in [5.41, 5.74) is 9.81.